The molecule has 0 aliphatic carbocycles. The fraction of sp³-hybridized carbons (Fsp3) is 0.385. The van der Waals surface area contributed by atoms with Crippen LogP contribution in [0.1, 0.15) is 23.2 Å². The lowest BCUT2D eigenvalue weighted by atomic mass is 10.0. The van der Waals surface area contributed by atoms with Gasteiger partial charge in [-0.3, -0.25) is 9.59 Å². The van der Waals surface area contributed by atoms with Crippen molar-refractivity contribution in [3.05, 3.63) is 29.8 Å². The van der Waals surface area contributed by atoms with Gasteiger partial charge in [0.25, 0.3) is 5.91 Å². The number of nitrogens with one attached hydrogen (secondary N) is 1. The second-order valence-electron chi connectivity index (χ2n) is 4.93. The molecule has 1 aromatic rings. The first kappa shape index (κ1) is 14.5. The first-order valence-corrected chi connectivity index (χ1v) is 8.08. The minimum absolute atomic E-state index is 0.0535. The van der Waals surface area contributed by atoms with Gasteiger partial charge in [-0.05, 0) is 24.5 Å². The number of sulfone groups is 1. The number of nitrogens with two attached hydrogens (primary N) is 1. The molecule has 1 fully saturated rings. The molecule has 2 amide bonds. The zero-order valence-corrected chi connectivity index (χ0v) is 11.7. The fourth-order valence-corrected chi connectivity index (χ4v) is 4.17. The van der Waals surface area contributed by atoms with Crippen LogP contribution < -0.4 is 11.1 Å². The zero-order valence-electron chi connectivity index (χ0n) is 10.8. The zero-order chi connectivity index (χ0) is 14.8. The number of rotatable bonds is 4. The van der Waals surface area contributed by atoms with Crippen LogP contribution in [0.4, 0.5) is 5.69 Å². The average molecular weight is 296 g/mol. The summed E-state index contributed by atoms with van der Waals surface area (Å²) in [7, 11) is -2.99. The molecule has 108 valence electrons. The summed E-state index contributed by atoms with van der Waals surface area (Å²) in [6.45, 7) is 0. The van der Waals surface area contributed by atoms with E-state index in [4.69, 9.17) is 5.73 Å². The summed E-state index contributed by atoms with van der Waals surface area (Å²) in [5.41, 5.74) is 5.81. The highest BCUT2D eigenvalue weighted by Crippen LogP contribution is 2.22. The van der Waals surface area contributed by atoms with E-state index in [-0.39, 0.29) is 35.3 Å². The standard InChI is InChI=1S/C13H16N2O4S/c14-13(17)10-3-1-2-4-11(10)15-12(16)7-9-5-6-20(18,19)8-9/h1-4,9H,5-8H2,(H2,14,17)(H,15,16)/t9-/m0/s1. The Hall–Kier alpha value is -1.89. The van der Waals surface area contributed by atoms with Crippen molar-refractivity contribution < 1.29 is 18.0 Å². The van der Waals surface area contributed by atoms with E-state index >= 15 is 0 Å². The van der Waals surface area contributed by atoms with E-state index in [0.717, 1.165) is 0 Å². The Morgan fingerprint density at radius 3 is 2.60 bits per heavy atom. The molecule has 0 spiro atoms. The molecule has 6 nitrogen and oxygen atoms in total. The topological polar surface area (TPSA) is 106 Å². The van der Waals surface area contributed by atoms with Crippen molar-refractivity contribution >= 4 is 27.3 Å². The number of hydrogen-bond acceptors (Lipinski definition) is 4. The van der Waals surface area contributed by atoms with E-state index in [1.807, 2.05) is 0 Å². The molecule has 3 N–H and O–H groups in total. The Bertz CT molecular complexity index is 640. The van der Waals surface area contributed by atoms with Crippen molar-refractivity contribution in [1.29, 1.82) is 0 Å². The SMILES string of the molecule is NC(=O)c1ccccc1NC(=O)C[C@@H]1CCS(=O)(=O)C1. The summed E-state index contributed by atoms with van der Waals surface area (Å²) in [4.78, 5) is 23.1. The molecular weight excluding hydrogens is 280 g/mol. The summed E-state index contributed by atoms with van der Waals surface area (Å²) in [5.74, 6) is -0.883. The molecule has 0 radical (unpaired) electrons. The summed E-state index contributed by atoms with van der Waals surface area (Å²) < 4.78 is 22.7. The predicted molar refractivity (Wildman–Crippen MR) is 75.0 cm³/mol. The molecule has 1 aliphatic heterocycles. The maximum Gasteiger partial charge on any atom is 0.250 e. The Balaban J connectivity index is 2.01. The minimum atomic E-state index is -2.99. The maximum atomic E-state index is 11.9. The van der Waals surface area contributed by atoms with E-state index in [9.17, 15) is 18.0 Å². The predicted octanol–water partition coefficient (Wildman–Crippen LogP) is 0.549. The molecule has 1 aliphatic rings. The number of para-hydroxylation sites is 1. The molecule has 2 rings (SSSR count). The van der Waals surface area contributed by atoms with Gasteiger partial charge in [-0.1, -0.05) is 12.1 Å². The first-order chi connectivity index (χ1) is 9.37. The van der Waals surface area contributed by atoms with Crippen LogP contribution in [0.5, 0.6) is 0 Å². The van der Waals surface area contributed by atoms with Crippen LogP contribution in [0.2, 0.25) is 0 Å². The van der Waals surface area contributed by atoms with Gasteiger partial charge in [0, 0.05) is 6.42 Å². The third-order valence-electron chi connectivity index (χ3n) is 3.27. The number of carbonyl (C=O) groups is 2. The molecule has 1 aromatic carbocycles. The number of primary amides is 1. The lowest BCUT2D eigenvalue weighted by Crippen LogP contribution is -2.20. The van der Waals surface area contributed by atoms with E-state index < -0.39 is 15.7 Å². The van der Waals surface area contributed by atoms with Crippen molar-refractivity contribution in [2.24, 2.45) is 11.7 Å². The molecule has 0 aromatic heterocycles. The second-order valence-corrected chi connectivity index (χ2v) is 7.16. The van der Waals surface area contributed by atoms with E-state index in [2.05, 4.69) is 5.32 Å². The molecule has 1 atom stereocenters. The van der Waals surface area contributed by atoms with Gasteiger partial charge in [0.2, 0.25) is 5.91 Å². The summed E-state index contributed by atoms with van der Waals surface area (Å²) >= 11 is 0. The third kappa shape index (κ3) is 3.57. The molecule has 7 heteroatoms. The van der Waals surface area contributed by atoms with Crippen LogP contribution in [-0.4, -0.2) is 31.7 Å². The van der Waals surface area contributed by atoms with Gasteiger partial charge in [0.15, 0.2) is 9.84 Å². The van der Waals surface area contributed by atoms with Crippen LogP contribution in [-0.2, 0) is 14.6 Å². The first-order valence-electron chi connectivity index (χ1n) is 6.26. The Labute approximate surface area is 117 Å². The van der Waals surface area contributed by atoms with Crippen LogP contribution >= 0.6 is 0 Å². The fourth-order valence-electron chi connectivity index (χ4n) is 2.30. The van der Waals surface area contributed by atoms with Crippen LogP contribution in [0.3, 0.4) is 0 Å². The van der Waals surface area contributed by atoms with Crippen LogP contribution in [0.15, 0.2) is 24.3 Å². The molecule has 0 saturated carbocycles. The highest BCUT2D eigenvalue weighted by atomic mass is 32.2. The quantitative estimate of drug-likeness (QED) is 0.846. The van der Waals surface area contributed by atoms with Gasteiger partial charge < -0.3 is 11.1 Å². The van der Waals surface area contributed by atoms with Crippen molar-refractivity contribution in [3.8, 4) is 0 Å². The largest absolute Gasteiger partial charge is 0.366 e. The molecule has 1 heterocycles. The Morgan fingerprint density at radius 2 is 2.00 bits per heavy atom. The summed E-state index contributed by atoms with van der Waals surface area (Å²) in [6.07, 6.45) is 0.638. The highest BCUT2D eigenvalue weighted by molar-refractivity contribution is 7.91. The van der Waals surface area contributed by atoms with Gasteiger partial charge in [0.1, 0.15) is 0 Å². The van der Waals surface area contributed by atoms with Gasteiger partial charge in [-0.2, -0.15) is 0 Å². The molecule has 0 bridgehead atoms. The van der Waals surface area contributed by atoms with Crippen LogP contribution in [0.25, 0.3) is 0 Å². The highest BCUT2D eigenvalue weighted by Gasteiger charge is 2.29. The number of benzene rings is 1. The van der Waals surface area contributed by atoms with Crippen molar-refractivity contribution in [2.75, 3.05) is 16.8 Å². The van der Waals surface area contributed by atoms with E-state index in [1.165, 1.54) is 6.07 Å². The van der Waals surface area contributed by atoms with E-state index in [0.29, 0.717) is 12.1 Å². The van der Waals surface area contributed by atoms with Gasteiger partial charge in [-0.15, -0.1) is 0 Å². The van der Waals surface area contributed by atoms with E-state index in [1.54, 1.807) is 18.2 Å². The van der Waals surface area contributed by atoms with Crippen molar-refractivity contribution in [1.82, 2.24) is 0 Å². The molecule has 0 unspecified atom stereocenters. The summed E-state index contributed by atoms with van der Waals surface area (Å²) in [5, 5.41) is 2.61. The summed E-state index contributed by atoms with van der Waals surface area (Å²) in [6, 6.07) is 6.45. The third-order valence-corrected chi connectivity index (χ3v) is 5.10. The number of amides is 2. The van der Waals surface area contributed by atoms with Gasteiger partial charge in [0.05, 0.1) is 22.8 Å². The lowest BCUT2D eigenvalue weighted by Gasteiger charge is -2.11. The number of hydrogen-bond donors (Lipinski definition) is 2. The molecule has 1 saturated heterocycles. The molecule has 20 heavy (non-hydrogen) atoms. The van der Waals surface area contributed by atoms with Crippen molar-refractivity contribution in [3.63, 3.8) is 0 Å². The minimum Gasteiger partial charge on any atom is -0.366 e. The lowest BCUT2D eigenvalue weighted by molar-refractivity contribution is -0.116. The second kappa shape index (κ2) is 5.62. The van der Waals surface area contributed by atoms with Crippen LogP contribution in [0, 0.1) is 5.92 Å². The van der Waals surface area contributed by atoms with Crippen molar-refractivity contribution in [2.45, 2.75) is 12.8 Å². The van der Waals surface area contributed by atoms with Gasteiger partial charge >= 0.3 is 0 Å². The number of anilines is 1. The Kier molecular flexibility index (Phi) is 4.08. The Morgan fingerprint density at radius 1 is 1.30 bits per heavy atom. The normalized spacial score (nSPS) is 20.5. The number of carbonyl (C=O) groups excluding carboxylic acids is 2. The monoisotopic (exact) mass is 296 g/mol. The average Bonchev–Trinajstić information content (AvgIpc) is 2.68. The smallest absolute Gasteiger partial charge is 0.250 e. The maximum absolute atomic E-state index is 11.9. The van der Waals surface area contributed by atoms with Gasteiger partial charge in [-0.25, -0.2) is 8.42 Å². The molecular formula is C13H16N2O4S.